The van der Waals surface area contributed by atoms with E-state index in [-0.39, 0.29) is 33.5 Å². The predicted octanol–water partition coefficient (Wildman–Crippen LogP) is 2.31. The Balaban J connectivity index is 3.02. The molecule has 0 bridgehead atoms. The van der Waals surface area contributed by atoms with Gasteiger partial charge in [0.1, 0.15) is 0 Å². The fraction of sp³-hybridized carbons (Fsp3) is 0.400. The smallest absolute Gasteiger partial charge is 0.311 e. The van der Waals surface area contributed by atoms with Crippen LogP contribution in [0.1, 0.15) is 24.6 Å². The average Bonchev–Trinajstić information content (AvgIpc) is 2.22. The Morgan fingerprint density at radius 3 is 2.82 bits per heavy atom. The molecule has 94 valence electrons. The number of halogens is 3. The molecule has 0 unspecified atom stereocenters. The van der Waals surface area contributed by atoms with Gasteiger partial charge in [-0.15, -0.1) is 0 Å². The molecule has 0 fully saturated rings. The zero-order chi connectivity index (χ0) is 13.0. The van der Waals surface area contributed by atoms with Crippen LogP contribution in [0, 0.1) is 3.57 Å². The zero-order valence-electron chi connectivity index (χ0n) is 9.04. The van der Waals surface area contributed by atoms with E-state index in [9.17, 15) is 13.6 Å². The molecule has 0 saturated heterocycles. The van der Waals surface area contributed by atoms with Gasteiger partial charge in [0.2, 0.25) is 0 Å². The molecular formula is C10H11F2IN2O2. The van der Waals surface area contributed by atoms with Crippen molar-refractivity contribution in [2.45, 2.75) is 19.8 Å². The SMILES string of the molecule is CCOC(=O)Cc1ncc(N)c(C(F)F)c1I. The normalized spacial score (nSPS) is 10.6. The zero-order valence-corrected chi connectivity index (χ0v) is 11.2. The monoisotopic (exact) mass is 356 g/mol. The summed E-state index contributed by atoms with van der Waals surface area (Å²) in [7, 11) is 0. The maximum Gasteiger partial charge on any atom is 0.311 e. The Hall–Kier alpha value is -0.990. The van der Waals surface area contributed by atoms with Crippen LogP contribution in [0.25, 0.3) is 0 Å². The van der Waals surface area contributed by atoms with Gasteiger partial charge in [0.25, 0.3) is 6.43 Å². The fourth-order valence-electron chi connectivity index (χ4n) is 1.25. The van der Waals surface area contributed by atoms with Crippen molar-refractivity contribution < 1.29 is 18.3 Å². The van der Waals surface area contributed by atoms with Gasteiger partial charge in [0.15, 0.2) is 0 Å². The summed E-state index contributed by atoms with van der Waals surface area (Å²) < 4.78 is 30.4. The number of hydrogen-bond donors (Lipinski definition) is 1. The molecule has 0 amide bonds. The maximum absolute atomic E-state index is 12.7. The third-order valence-electron chi connectivity index (χ3n) is 2.00. The molecule has 0 saturated carbocycles. The number of carbonyl (C=O) groups is 1. The summed E-state index contributed by atoms with van der Waals surface area (Å²) >= 11 is 1.71. The molecule has 0 aliphatic heterocycles. The first-order valence-electron chi connectivity index (χ1n) is 4.83. The van der Waals surface area contributed by atoms with Crippen LogP contribution in [0.3, 0.4) is 0 Å². The molecule has 1 aromatic heterocycles. The van der Waals surface area contributed by atoms with Crippen molar-refractivity contribution in [1.29, 1.82) is 0 Å². The molecule has 1 aromatic rings. The minimum Gasteiger partial charge on any atom is -0.466 e. The van der Waals surface area contributed by atoms with Crippen LogP contribution in [-0.2, 0) is 16.0 Å². The molecule has 0 aliphatic carbocycles. The van der Waals surface area contributed by atoms with Crippen molar-refractivity contribution in [3.05, 3.63) is 21.0 Å². The summed E-state index contributed by atoms with van der Waals surface area (Å²) in [6.07, 6.45) is -1.68. The highest BCUT2D eigenvalue weighted by Crippen LogP contribution is 2.30. The van der Waals surface area contributed by atoms with E-state index in [1.807, 2.05) is 0 Å². The lowest BCUT2D eigenvalue weighted by Gasteiger charge is -2.10. The number of anilines is 1. The van der Waals surface area contributed by atoms with E-state index < -0.39 is 12.4 Å². The Bertz CT molecular complexity index is 427. The number of aromatic nitrogens is 1. The van der Waals surface area contributed by atoms with Gasteiger partial charge in [-0.3, -0.25) is 9.78 Å². The summed E-state index contributed by atoms with van der Waals surface area (Å²) in [6, 6.07) is 0. The second kappa shape index (κ2) is 6.08. The Morgan fingerprint density at radius 2 is 2.29 bits per heavy atom. The van der Waals surface area contributed by atoms with Crippen molar-refractivity contribution >= 4 is 34.2 Å². The molecule has 17 heavy (non-hydrogen) atoms. The van der Waals surface area contributed by atoms with Gasteiger partial charge in [-0.2, -0.15) is 0 Å². The first-order chi connectivity index (χ1) is 7.97. The number of ether oxygens (including phenoxy) is 1. The van der Waals surface area contributed by atoms with Gasteiger partial charge in [-0.05, 0) is 29.5 Å². The topological polar surface area (TPSA) is 65.2 Å². The first kappa shape index (κ1) is 14.1. The van der Waals surface area contributed by atoms with Crippen LogP contribution < -0.4 is 5.73 Å². The van der Waals surface area contributed by atoms with Crippen LogP contribution >= 0.6 is 22.6 Å². The number of hydrogen-bond acceptors (Lipinski definition) is 4. The summed E-state index contributed by atoms with van der Waals surface area (Å²) in [4.78, 5) is 15.1. The quantitative estimate of drug-likeness (QED) is 0.664. The summed E-state index contributed by atoms with van der Waals surface area (Å²) in [5.74, 6) is -0.497. The molecule has 0 spiro atoms. The maximum atomic E-state index is 12.7. The molecule has 1 rings (SSSR count). The predicted molar refractivity (Wildman–Crippen MR) is 66.7 cm³/mol. The van der Waals surface area contributed by atoms with Gasteiger partial charge in [0.05, 0.1) is 36.2 Å². The Kier molecular flexibility index (Phi) is 5.03. The summed E-state index contributed by atoms with van der Waals surface area (Å²) in [5, 5.41) is 0. The number of nitrogens with two attached hydrogens (primary N) is 1. The third kappa shape index (κ3) is 3.48. The van der Waals surface area contributed by atoms with Crippen LogP contribution in [0.15, 0.2) is 6.20 Å². The lowest BCUT2D eigenvalue weighted by Crippen LogP contribution is -2.12. The largest absolute Gasteiger partial charge is 0.466 e. The first-order valence-corrected chi connectivity index (χ1v) is 5.91. The van der Waals surface area contributed by atoms with Crippen LogP contribution in [-0.4, -0.2) is 17.6 Å². The van der Waals surface area contributed by atoms with E-state index in [4.69, 9.17) is 10.5 Å². The lowest BCUT2D eigenvalue weighted by molar-refractivity contribution is -0.142. The van der Waals surface area contributed by atoms with Gasteiger partial charge in [-0.25, -0.2) is 8.78 Å². The molecular weight excluding hydrogens is 345 g/mol. The van der Waals surface area contributed by atoms with Crippen LogP contribution in [0.5, 0.6) is 0 Å². The van der Waals surface area contributed by atoms with E-state index in [0.29, 0.717) is 0 Å². The lowest BCUT2D eigenvalue weighted by atomic mass is 10.1. The minimum absolute atomic E-state index is 0.0722. The highest BCUT2D eigenvalue weighted by molar-refractivity contribution is 14.1. The van der Waals surface area contributed by atoms with E-state index in [1.54, 1.807) is 29.5 Å². The van der Waals surface area contributed by atoms with E-state index >= 15 is 0 Å². The molecule has 2 N–H and O–H groups in total. The Morgan fingerprint density at radius 1 is 1.65 bits per heavy atom. The van der Waals surface area contributed by atoms with Gasteiger partial charge >= 0.3 is 5.97 Å². The molecule has 0 atom stereocenters. The van der Waals surface area contributed by atoms with Gasteiger partial charge in [0, 0.05) is 3.57 Å². The number of carbonyl (C=O) groups excluding carboxylic acids is 1. The van der Waals surface area contributed by atoms with Crippen molar-refractivity contribution in [1.82, 2.24) is 4.98 Å². The highest BCUT2D eigenvalue weighted by atomic mass is 127. The van der Waals surface area contributed by atoms with E-state index in [2.05, 4.69) is 4.98 Å². The number of pyridine rings is 1. The molecule has 0 aromatic carbocycles. The van der Waals surface area contributed by atoms with Crippen LogP contribution in [0.4, 0.5) is 14.5 Å². The van der Waals surface area contributed by atoms with Crippen molar-refractivity contribution in [3.8, 4) is 0 Å². The molecule has 0 aliphatic rings. The third-order valence-corrected chi connectivity index (χ3v) is 3.20. The summed E-state index contributed by atoms with van der Waals surface area (Å²) in [5.41, 5.74) is 5.33. The standard InChI is InChI=1S/C10H11F2IN2O2/c1-2-17-7(16)3-6-9(13)8(10(11)12)5(14)4-15-6/h4,10H,2-3,14H2,1H3. The number of nitrogens with zero attached hydrogens (tertiary/aromatic N) is 1. The van der Waals surface area contributed by atoms with E-state index in [0.717, 1.165) is 6.20 Å². The minimum atomic E-state index is -2.69. The van der Waals surface area contributed by atoms with Gasteiger partial charge < -0.3 is 10.5 Å². The van der Waals surface area contributed by atoms with E-state index in [1.165, 1.54) is 0 Å². The average molecular weight is 356 g/mol. The highest BCUT2D eigenvalue weighted by Gasteiger charge is 2.20. The van der Waals surface area contributed by atoms with Gasteiger partial charge in [-0.1, -0.05) is 0 Å². The number of rotatable bonds is 4. The molecule has 4 nitrogen and oxygen atoms in total. The van der Waals surface area contributed by atoms with Crippen molar-refractivity contribution in [2.75, 3.05) is 12.3 Å². The van der Waals surface area contributed by atoms with Crippen molar-refractivity contribution in [2.24, 2.45) is 0 Å². The second-order valence-electron chi connectivity index (χ2n) is 3.17. The van der Waals surface area contributed by atoms with Crippen LogP contribution in [0.2, 0.25) is 0 Å². The summed E-state index contributed by atoms with van der Waals surface area (Å²) in [6.45, 7) is 1.91. The molecule has 0 radical (unpaired) electrons. The Labute approximate surface area is 111 Å². The second-order valence-corrected chi connectivity index (χ2v) is 4.25. The molecule has 7 heteroatoms. The van der Waals surface area contributed by atoms with Crippen molar-refractivity contribution in [3.63, 3.8) is 0 Å². The number of esters is 1. The number of nitrogen functional groups attached to an aromatic ring is 1. The fourth-order valence-corrected chi connectivity index (χ4v) is 2.13. The number of alkyl halides is 2. The molecule has 1 heterocycles.